The SMILES string of the molecule is CC(=O)Nc1ccc(O)c(-c2cc(NC(C)=O)cc(-c3cc(NC(C)=O)ccc3O)c2O)c1. The molecule has 0 saturated heterocycles. The lowest BCUT2D eigenvalue weighted by Gasteiger charge is -2.17. The number of carbonyl (C=O) groups is 3. The molecule has 0 radical (unpaired) electrons. The van der Waals surface area contributed by atoms with Gasteiger partial charge in [-0.25, -0.2) is 0 Å². The standard InChI is InChI=1S/C24H23N3O6/c1-12(28)25-15-4-6-22(31)18(8-15)20-10-17(27-14(3)30)11-21(24(20)33)19-9-16(26-13(2)29)5-7-23(19)32/h4-11,31-33H,1-3H3,(H,25,28)(H,26,29)(H,27,30). The van der Waals surface area contributed by atoms with Crippen LogP contribution in [0, 0.1) is 0 Å². The number of aromatic hydroxyl groups is 3. The van der Waals surface area contributed by atoms with E-state index in [2.05, 4.69) is 16.0 Å². The fourth-order valence-electron chi connectivity index (χ4n) is 3.39. The molecule has 9 heteroatoms. The zero-order chi connectivity index (χ0) is 24.3. The first kappa shape index (κ1) is 23.1. The van der Waals surface area contributed by atoms with E-state index in [9.17, 15) is 29.7 Å². The normalized spacial score (nSPS) is 10.4. The van der Waals surface area contributed by atoms with Gasteiger partial charge in [0.2, 0.25) is 17.7 Å². The minimum Gasteiger partial charge on any atom is -0.507 e. The van der Waals surface area contributed by atoms with Crippen molar-refractivity contribution < 1.29 is 29.7 Å². The van der Waals surface area contributed by atoms with Gasteiger partial charge < -0.3 is 31.3 Å². The number of rotatable bonds is 5. The zero-order valence-corrected chi connectivity index (χ0v) is 18.2. The molecular weight excluding hydrogens is 426 g/mol. The van der Waals surface area contributed by atoms with Gasteiger partial charge in [-0.15, -0.1) is 0 Å². The summed E-state index contributed by atoms with van der Waals surface area (Å²) in [5.41, 5.74) is 1.72. The second-order valence-electron chi connectivity index (χ2n) is 7.43. The molecule has 0 aliphatic carbocycles. The predicted molar refractivity (Wildman–Crippen MR) is 125 cm³/mol. The molecule has 0 bridgehead atoms. The Morgan fingerprint density at radius 1 is 0.545 bits per heavy atom. The molecule has 0 unspecified atom stereocenters. The van der Waals surface area contributed by atoms with E-state index in [1.165, 1.54) is 69.3 Å². The summed E-state index contributed by atoms with van der Waals surface area (Å²) < 4.78 is 0. The van der Waals surface area contributed by atoms with E-state index in [-0.39, 0.29) is 57.2 Å². The van der Waals surface area contributed by atoms with Crippen molar-refractivity contribution in [1.29, 1.82) is 0 Å². The Balaban J connectivity index is 2.27. The van der Waals surface area contributed by atoms with Crippen molar-refractivity contribution in [2.75, 3.05) is 16.0 Å². The highest BCUT2D eigenvalue weighted by molar-refractivity contribution is 5.97. The highest BCUT2D eigenvalue weighted by Gasteiger charge is 2.19. The lowest BCUT2D eigenvalue weighted by atomic mass is 9.94. The minimum atomic E-state index is -0.370. The average Bonchev–Trinajstić information content (AvgIpc) is 2.71. The molecule has 3 amide bonds. The number of carbonyl (C=O) groups excluding carboxylic acids is 3. The van der Waals surface area contributed by atoms with Crippen LogP contribution in [-0.4, -0.2) is 33.0 Å². The Bertz CT molecular complexity index is 1180. The number of nitrogens with one attached hydrogen (secondary N) is 3. The van der Waals surface area contributed by atoms with Crippen LogP contribution in [0.25, 0.3) is 22.3 Å². The molecule has 0 spiro atoms. The third-order valence-corrected chi connectivity index (χ3v) is 4.64. The Morgan fingerprint density at radius 3 is 1.24 bits per heavy atom. The third kappa shape index (κ3) is 5.40. The van der Waals surface area contributed by atoms with E-state index in [0.29, 0.717) is 17.1 Å². The maximum Gasteiger partial charge on any atom is 0.221 e. The maximum absolute atomic E-state index is 11.7. The van der Waals surface area contributed by atoms with Crippen LogP contribution in [0.15, 0.2) is 48.5 Å². The molecule has 0 aromatic heterocycles. The van der Waals surface area contributed by atoms with Crippen LogP contribution in [0.1, 0.15) is 20.8 Å². The van der Waals surface area contributed by atoms with Crippen molar-refractivity contribution >= 4 is 34.8 Å². The number of phenols is 3. The number of benzene rings is 3. The van der Waals surface area contributed by atoms with Crippen molar-refractivity contribution in [3.63, 3.8) is 0 Å². The van der Waals surface area contributed by atoms with Crippen LogP contribution in [0.5, 0.6) is 17.2 Å². The molecule has 3 aromatic carbocycles. The highest BCUT2D eigenvalue weighted by Crippen LogP contribution is 2.46. The van der Waals surface area contributed by atoms with Crippen LogP contribution < -0.4 is 16.0 Å². The Morgan fingerprint density at radius 2 is 0.879 bits per heavy atom. The molecule has 0 atom stereocenters. The summed E-state index contributed by atoms with van der Waals surface area (Å²) in [6.45, 7) is 3.99. The second-order valence-corrected chi connectivity index (χ2v) is 7.43. The van der Waals surface area contributed by atoms with E-state index >= 15 is 0 Å². The molecule has 6 N–H and O–H groups in total. The lowest BCUT2D eigenvalue weighted by molar-refractivity contribution is -0.115. The van der Waals surface area contributed by atoms with Crippen molar-refractivity contribution in [3.8, 4) is 39.5 Å². The number of amides is 3. The Hall–Kier alpha value is -4.53. The van der Waals surface area contributed by atoms with Gasteiger partial charge in [-0.3, -0.25) is 14.4 Å². The van der Waals surface area contributed by atoms with Gasteiger partial charge in [0.05, 0.1) is 0 Å². The van der Waals surface area contributed by atoms with Crippen LogP contribution in [0.4, 0.5) is 17.1 Å². The average molecular weight is 449 g/mol. The maximum atomic E-state index is 11.7. The number of hydrogen-bond donors (Lipinski definition) is 6. The molecule has 0 fully saturated rings. The van der Waals surface area contributed by atoms with Crippen LogP contribution in [-0.2, 0) is 14.4 Å². The van der Waals surface area contributed by atoms with E-state index in [0.717, 1.165) is 0 Å². The van der Waals surface area contributed by atoms with Crippen LogP contribution in [0.3, 0.4) is 0 Å². The molecule has 33 heavy (non-hydrogen) atoms. The van der Waals surface area contributed by atoms with E-state index < -0.39 is 0 Å². The molecule has 170 valence electrons. The van der Waals surface area contributed by atoms with Crippen LogP contribution in [0.2, 0.25) is 0 Å². The molecule has 0 heterocycles. The van der Waals surface area contributed by atoms with Gasteiger partial charge in [0.25, 0.3) is 0 Å². The summed E-state index contributed by atoms with van der Waals surface area (Å²) >= 11 is 0. The fourth-order valence-corrected chi connectivity index (χ4v) is 3.39. The molecule has 0 aliphatic rings. The molecule has 0 saturated carbocycles. The predicted octanol–water partition coefficient (Wildman–Crippen LogP) is 4.01. The zero-order valence-electron chi connectivity index (χ0n) is 18.2. The summed E-state index contributed by atoms with van der Waals surface area (Å²) in [4.78, 5) is 34.6. The first-order chi connectivity index (χ1) is 15.5. The first-order valence-corrected chi connectivity index (χ1v) is 9.91. The van der Waals surface area contributed by atoms with E-state index in [1.54, 1.807) is 0 Å². The summed E-state index contributed by atoms with van der Waals surface area (Å²) in [5.74, 6) is -1.66. The summed E-state index contributed by atoms with van der Waals surface area (Å²) in [5, 5.41) is 39.9. The van der Waals surface area contributed by atoms with E-state index in [1.807, 2.05) is 0 Å². The largest absolute Gasteiger partial charge is 0.507 e. The highest BCUT2D eigenvalue weighted by atomic mass is 16.3. The topological polar surface area (TPSA) is 148 Å². The van der Waals surface area contributed by atoms with Gasteiger partial charge >= 0.3 is 0 Å². The molecule has 3 aromatic rings. The summed E-state index contributed by atoms with van der Waals surface area (Å²) in [6.07, 6.45) is 0. The summed E-state index contributed by atoms with van der Waals surface area (Å²) in [6, 6.07) is 11.6. The van der Waals surface area contributed by atoms with Crippen molar-refractivity contribution in [3.05, 3.63) is 48.5 Å². The van der Waals surface area contributed by atoms with Gasteiger partial charge in [-0.1, -0.05) is 0 Å². The molecule has 0 aliphatic heterocycles. The number of phenolic OH excluding ortho intramolecular Hbond substituents is 3. The molecule has 9 nitrogen and oxygen atoms in total. The fraction of sp³-hybridized carbons (Fsp3) is 0.125. The number of hydrogen-bond acceptors (Lipinski definition) is 6. The van der Waals surface area contributed by atoms with Gasteiger partial charge in [0.15, 0.2) is 0 Å². The van der Waals surface area contributed by atoms with Gasteiger partial charge in [-0.05, 0) is 48.5 Å². The third-order valence-electron chi connectivity index (χ3n) is 4.64. The lowest BCUT2D eigenvalue weighted by Crippen LogP contribution is -2.07. The minimum absolute atomic E-state index is 0.144. The van der Waals surface area contributed by atoms with E-state index in [4.69, 9.17) is 0 Å². The van der Waals surface area contributed by atoms with Crippen LogP contribution >= 0.6 is 0 Å². The quantitative estimate of drug-likeness (QED) is 0.324. The number of anilines is 3. The van der Waals surface area contributed by atoms with Gasteiger partial charge in [-0.2, -0.15) is 0 Å². The monoisotopic (exact) mass is 449 g/mol. The summed E-state index contributed by atoms with van der Waals surface area (Å²) in [7, 11) is 0. The Labute approximate surface area is 189 Å². The van der Waals surface area contributed by atoms with Gasteiger partial charge in [0, 0.05) is 60.1 Å². The van der Waals surface area contributed by atoms with Crippen molar-refractivity contribution in [2.24, 2.45) is 0 Å². The smallest absolute Gasteiger partial charge is 0.221 e. The first-order valence-electron chi connectivity index (χ1n) is 9.91. The molecular formula is C24H23N3O6. The second kappa shape index (κ2) is 9.31. The Kier molecular flexibility index (Phi) is 6.53. The molecule has 3 rings (SSSR count). The van der Waals surface area contributed by atoms with Gasteiger partial charge in [0.1, 0.15) is 17.2 Å². The van der Waals surface area contributed by atoms with Crippen molar-refractivity contribution in [2.45, 2.75) is 20.8 Å². The van der Waals surface area contributed by atoms with Crippen molar-refractivity contribution in [1.82, 2.24) is 0 Å².